The van der Waals surface area contributed by atoms with Gasteiger partial charge in [-0.3, -0.25) is 4.79 Å². The number of carboxylic acids is 1. The molecule has 0 aromatic rings. The zero-order valence-corrected chi connectivity index (χ0v) is 10.2. The van der Waals surface area contributed by atoms with E-state index in [4.69, 9.17) is 11.5 Å². The number of hydrogen-bond donors (Lipinski definition) is 2. The SMILES string of the molecule is C#CC(C)(C)NC(=O)N1CCC(CC(=O)O)C1. The maximum absolute atomic E-state index is 11.8. The van der Waals surface area contributed by atoms with Gasteiger partial charge < -0.3 is 15.3 Å². The van der Waals surface area contributed by atoms with E-state index < -0.39 is 11.5 Å². The van der Waals surface area contributed by atoms with Crippen molar-refractivity contribution < 1.29 is 14.7 Å². The van der Waals surface area contributed by atoms with Gasteiger partial charge >= 0.3 is 12.0 Å². The van der Waals surface area contributed by atoms with Crippen LogP contribution < -0.4 is 5.32 Å². The Morgan fingerprint density at radius 3 is 2.76 bits per heavy atom. The molecule has 5 nitrogen and oxygen atoms in total. The van der Waals surface area contributed by atoms with Crippen molar-refractivity contribution >= 4 is 12.0 Å². The van der Waals surface area contributed by atoms with E-state index in [1.54, 1.807) is 18.7 Å². The van der Waals surface area contributed by atoms with Gasteiger partial charge in [0.15, 0.2) is 0 Å². The number of rotatable bonds is 3. The molecule has 1 heterocycles. The molecule has 1 fully saturated rings. The molecule has 0 aliphatic carbocycles. The summed E-state index contributed by atoms with van der Waals surface area (Å²) in [4.78, 5) is 24.0. The molecule has 1 aliphatic rings. The Bertz CT molecular complexity index is 357. The van der Waals surface area contributed by atoms with Gasteiger partial charge in [-0.05, 0) is 26.2 Å². The van der Waals surface area contributed by atoms with Gasteiger partial charge in [0.05, 0.1) is 5.54 Å². The smallest absolute Gasteiger partial charge is 0.318 e. The molecule has 0 spiro atoms. The molecule has 2 amide bonds. The Hall–Kier alpha value is -1.70. The number of carbonyl (C=O) groups is 2. The van der Waals surface area contributed by atoms with Gasteiger partial charge in [-0.2, -0.15) is 0 Å². The number of carbonyl (C=O) groups excluding carboxylic acids is 1. The van der Waals surface area contributed by atoms with Crippen LogP contribution in [-0.4, -0.2) is 40.6 Å². The van der Waals surface area contributed by atoms with Crippen molar-refractivity contribution in [3.05, 3.63) is 0 Å². The molecule has 0 aromatic carbocycles. The molecule has 94 valence electrons. The Morgan fingerprint density at radius 1 is 1.59 bits per heavy atom. The third-order valence-electron chi connectivity index (χ3n) is 2.82. The first kappa shape index (κ1) is 13.4. The molecule has 1 atom stereocenters. The van der Waals surface area contributed by atoms with Crippen LogP contribution in [0.3, 0.4) is 0 Å². The second-order valence-corrected chi connectivity index (χ2v) is 4.90. The van der Waals surface area contributed by atoms with Crippen LogP contribution >= 0.6 is 0 Å². The van der Waals surface area contributed by atoms with Crippen molar-refractivity contribution in [2.75, 3.05) is 13.1 Å². The van der Waals surface area contributed by atoms with Crippen molar-refractivity contribution in [3.8, 4) is 12.3 Å². The molecule has 5 heteroatoms. The molecule has 1 rings (SSSR count). The molecule has 0 radical (unpaired) electrons. The minimum absolute atomic E-state index is 0.0483. The van der Waals surface area contributed by atoms with Crippen LogP contribution in [0.25, 0.3) is 0 Å². The number of terminal acetylenes is 1. The van der Waals surface area contributed by atoms with Crippen molar-refractivity contribution in [2.24, 2.45) is 5.92 Å². The van der Waals surface area contributed by atoms with Crippen LogP contribution in [0, 0.1) is 18.3 Å². The molecule has 1 saturated heterocycles. The van der Waals surface area contributed by atoms with E-state index in [2.05, 4.69) is 11.2 Å². The number of urea groups is 1. The zero-order chi connectivity index (χ0) is 13.1. The molecule has 2 N–H and O–H groups in total. The monoisotopic (exact) mass is 238 g/mol. The number of carboxylic acid groups (broad SMARTS) is 1. The van der Waals surface area contributed by atoms with E-state index in [0.29, 0.717) is 13.1 Å². The van der Waals surface area contributed by atoms with Crippen LogP contribution in [0.4, 0.5) is 4.79 Å². The first-order valence-electron chi connectivity index (χ1n) is 5.60. The van der Waals surface area contributed by atoms with Crippen LogP contribution in [0.2, 0.25) is 0 Å². The van der Waals surface area contributed by atoms with Crippen molar-refractivity contribution in [1.82, 2.24) is 10.2 Å². The number of amides is 2. The van der Waals surface area contributed by atoms with E-state index in [-0.39, 0.29) is 18.4 Å². The second-order valence-electron chi connectivity index (χ2n) is 4.90. The van der Waals surface area contributed by atoms with E-state index in [1.165, 1.54) is 0 Å². The summed E-state index contributed by atoms with van der Waals surface area (Å²) < 4.78 is 0. The fraction of sp³-hybridized carbons (Fsp3) is 0.667. The molecule has 17 heavy (non-hydrogen) atoms. The maximum atomic E-state index is 11.8. The number of aliphatic carboxylic acids is 1. The highest BCUT2D eigenvalue weighted by Gasteiger charge is 2.29. The largest absolute Gasteiger partial charge is 0.481 e. The van der Waals surface area contributed by atoms with Crippen LogP contribution in [-0.2, 0) is 4.79 Å². The normalized spacial score (nSPS) is 19.8. The third kappa shape index (κ3) is 3.99. The Kier molecular flexibility index (Phi) is 4.00. The zero-order valence-electron chi connectivity index (χ0n) is 10.2. The summed E-state index contributed by atoms with van der Waals surface area (Å²) in [5.74, 6) is 1.72. The summed E-state index contributed by atoms with van der Waals surface area (Å²) in [6.07, 6.45) is 6.13. The highest BCUT2D eigenvalue weighted by atomic mass is 16.4. The Morgan fingerprint density at radius 2 is 2.24 bits per heavy atom. The average Bonchev–Trinajstić information content (AvgIpc) is 2.64. The molecular weight excluding hydrogens is 220 g/mol. The minimum atomic E-state index is -0.818. The number of likely N-dealkylation sites (tertiary alicyclic amines) is 1. The average molecular weight is 238 g/mol. The summed E-state index contributed by atoms with van der Waals surface area (Å²) >= 11 is 0. The number of hydrogen-bond acceptors (Lipinski definition) is 2. The van der Waals surface area contributed by atoms with Crippen molar-refractivity contribution in [1.29, 1.82) is 0 Å². The van der Waals surface area contributed by atoms with Gasteiger partial charge in [0, 0.05) is 19.5 Å². The first-order chi connectivity index (χ1) is 7.84. The Balaban J connectivity index is 2.46. The van der Waals surface area contributed by atoms with Crippen molar-refractivity contribution in [2.45, 2.75) is 32.2 Å². The molecular formula is C12H18N2O3. The Labute approximate surface area is 101 Å². The quantitative estimate of drug-likeness (QED) is 0.718. The van der Waals surface area contributed by atoms with E-state index >= 15 is 0 Å². The highest BCUT2D eigenvalue weighted by Crippen LogP contribution is 2.19. The predicted molar refractivity (Wildman–Crippen MR) is 63.4 cm³/mol. The standard InChI is InChI=1S/C12H18N2O3/c1-4-12(2,3)13-11(17)14-6-5-9(8-14)7-10(15)16/h1,9H,5-8H2,2-3H3,(H,13,17)(H,15,16). The summed E-state index contributed by atoms with van der Waals surface area (Å²) in [5.41, 5.74) is -0.679. The lowest BCUT2D eigenvalue weighted by atomic mass is 10.1. The second kappa shape index (κ2) is 5.09. The van der Waals surface area contributed by atoms with Gasteiger partial charge in [0.2, 0.25) is 0 Å². The number of nitrogens with zero attached hydrogens (tertiary/aromatic N) is 1. The molecule has 0 bridgehead atoms. The topological polar surface area (TPSA) is 69.6 Å². The molecule has 1 aliphatic heterocycles. The molecule has 0 saturated carbocycles. The highest BCUT2D eigenvalue weighted by molar-refractivity contribution is 5.76. The third-order valence-corrected chi connectivity index (χ3v) is 2.82. The van der Waals surface area contributed by atoms with Crippen LogP contribution in [0.15, 0.2) is 0 Å². The summed E-state index contributed by atoms with van der Waals surface area (Å²) in [6, 6.07) is -0.221. The van der Waals surface area contributed by atoms with Gasteiger partial charge in [-0.1, -0.05) is 5.92 Å². The fourth-order valence-corrected chi connectivity index (χ4v) is 1.81. The summed E-state index contributed by atoms with van der Waals surface area (Å²) in [5, 5.41) is 11.4. The van der Waals surface area contributed by atoms with Crippen molar-refractivity contribution in [3.63, 3.8) is 0 Å². The lowest BCUT2D eigenvalue weighted by molar-refractivity contribution is -0.138. The number of nitrogens with one attached hydrogen (secondary N) is 1. The van der Waals surface area contributed by atoms with Gasteiger partial charge in [-0.15, -0.1) is 6.42 Å². The molecule has 0 aromatic heterocycles. The summed E-state index contributed by atoms with van der Waals surface area (Å²) in [7, 11) is 0. The minimum Gasteiger partial charge on any atom is -0.481 e. The maximum Gasteiger partial charge on any atom is 0.318 e. The van der Waals surface area contributed by atoms with Gasteiger partial charge in [-0.25, -0.2) is 4.79 Å². The fourth-order valence-electron chi connectivity index (χ4n) is 1.81. The van der Waals surface area contributed by atoms with Crippen LogP contribution in [0.5, 0.6) is 0 Å². The van der Waals surface area contributed by atoms with Gasteiger partial charge in [0.25, 0.3) is 0 Å². The first-order valence-corrected chi connectivity index (χ1v) is 5.60. The van der Waals surface area contributed by atoms with Gasteiger partial charge in [0.1, 0.15) is 0 Å². The predicted octanol–water partition coefficient (Wildman–Crippen LogP) is 0.904. The lowest BCUT2D eigenvalue weighted by Crippen LogP contribution is -2.48. The van der Waals surface area contributed by atoms with E-state index in [9.17, 15) is 9.59 Å². The lowest BCUT2D eigenvalue weighted by Gasteiger charge is -2.24. The molecule has 1 unspecified atom stereocenters. The van der Waals surface area contributed by atoms with E-state index in [1.807, 2.05) is 0 Å². The van der Waals surface area contributed by atoms with E-state index in [0.717, 1.165) is 6.42 Å². The van der Waals surface area contributed by atoms with Crippen LogP contribution in [0.1, 0.15) is 26.7 Å². The summed E-state index contributed by atoms with van der Waals surface area (Å²) in [6.45, 7) is 4.56.